The predicted octanol–water partition coefficient (Wildman–Crippen LogP) is 0.588. The van der Waals surface area contributed by atoms with E-state index >= 15 is 0 Å². The molecule has 9 nitrogen and oxygen atoms in total. The third kappa shape index (κ3) is 6.02. The molecular formula is C19H18F4N2O7. The van der Waals surface area contributed by atoms with Crippen LogP contribution in [0.4, 0.5) is 17.6 Å². The van der Waals surface area contributed by atoms with Gasteiger partial charge in [0.05, 0.1) is 6.42 Å². The standard InChI is InChI=1S/C19H18F4N2O7/c20-10-5-11(21)17(23)18(16(10)22)32-8-13(27)12(6-15(29)30)24-19(31)9-1-3-25(4-2-9)14(28)7-26/h5,7,9,12H,1-4,6,8H2,(H,24,31)(H,29,30). The van der Waals surface area contributed by atoms with Crippen LogP contribution >= 0.6 is 0 Å². The molecule has 32 heavy (non-hydrogen) atoms. The van der Waals surface area contributed by atoms with E-state index in [9.17, 15) is 41.5 Å². The number of rotatable bonds is 9. The van der Waals surface area contributed by atoms with E-state index in [4.69, 9.17) is 5.11 Å². The predicted molar refractivity (Wildman–Crippen MR) is 96.3 cm³/mol. The fraction of sp³-hybridized carbons (Fsp3) is 0.421. The topological polar surface area (TPSA) is 130 Å². The lowest BCUT2D eigenvalue weighted by Gasteiger charge is -2.30. The number of halogens is 4. The maximum absolute atomic E-state index is 13.6. The number of aliphatic carboxylic acids is 1. The number of benzene rings is 1. The molecule has 13 heteroatoms. The van der Waals surface area contributed by atoms with Crippen molar-refractivity contribution in [3.63, 3.8) is 0 Å². The van der Waals surface area contributed by atoms with Crippen LogP contribution in [-0.4, -0.2) is 65.6 Å². The van der Waals surface area contributed by atoms with Gasteiger partial charge in [0.15, 0.2) is 23.2 Å². The van der Waals surface area contributed by atoms with Gasteiger partial charge in [0, 0.05) is 25.1 Å². The fourth-order valence-corrected chi connectivity index (χ4v) is 3.07. The maximum Gasteiger partial charge on any atom is 0.305 e. The number of nitrogens with one attached hydrogen (secondary N) is 1. The number of hydrogen-bond acceptors (Lipinski definition) is 6. The van der Waals surface area contributed by atoms with Crippen molar-refractivity contribution in [3.8, 4) is 5.75 Å². The number of amides is 2. The summed E-state index contributed by atoms with van der Waals surface area (Å²) in [6, 6.07) is -1.71. The van der Waals surface area contributed by atoms with Gasteiger partial charge in [-0.1, -0.05) is 0 Å². The van der Waals surface area contributed by atoms with E-state index in [2.05, 4.69) is 10.1 Å². The van der Waals surface area contributed by atoms with Crippen LogP contribution in [0.3, 0.4) is 0 Å². The highest BCUT2D eigenvalue weighted by Crippen LogP contribution is 2.26. The van der Waals surface area contributed by atoms with Crippen LogP contribution < -0.4 is 10.1 Å². The van der Waals surface area contributed by atoms with Crippen LogP contribution in [0.5, 0.6) is 5.75 Å². The number of hydrogen-bond donors (Lipinski definition) is 2. The minimum absolute atomic E-state index is 0.0548. The van der Waals surface area contributed by atoms with Crippen molar-refractivity contribution in [2.75, 3.05) is 19.7 Å². The van der Waals surface area contributed by atoms with Crippen LogP contribution in [-0.2, 0) is 24.0 Å². The van der Waals surface area contributed by atoms with Crippen molar-refractivity contribution >= 4 is 29.9 Å². The number of nitrogens with zero attached hydrogens (tertiary/aromatic N) is 1. The summed E-state index contributed by atoms with van der Waals surface area (Å²) >= 11 is 0. The summed E-state index contributed by atoms with van der Waals surface area (Å²) in [4.78, 5) is 58.9. The Kier molecular flexibility index (Phi) is 8.27. The molecule has 2 rings (SSSR count). The van der Waals surface area contributed by atoms with Crippen LogP contribution in [0.25, 0.3) is 0 Å². The number of likely N-dealkylation sites (tertiary alicyclic amines) is 1. The first kappa shape index (κ1) is 24.8. The minimum atomic E-state index is -1.88. The first-order chi connectivity index (χ1) is 15.0. The zero-order valence-corrected chi connectivity index (χ0v) is 16.4. The molecule has 1 aliphatic heterocycles. The van der Waals surface area contributed by atoms with Gasteiger partial charge in [0.1, 0.15) is 12.6 Å². The lowest BCUT2D eigenvalue weighted by Crippen LogP contribution is -2.49. The van der Waals surface area contributed by atoms with Gasteiger partial charge in [0.2, 0.25) is 23.8 Å². The Labute approximate surface area is 178 Å². The molecule has 2 N–H and O–H groups in total. The van der Waals surface area contributed by atoms with Gasteiger partial charge in [-0.3, -0.25) is 24.0 Å². The zero-order valence-electron chi connectivity index (χ0n) is 16.4. The quantitative estimate of drug-likeness (QED) is 0.238. The molecule has 1 fully saturated rings. The van der Waals surface area contributed by atoms with Gasteiger partial charge in [-0.25, -0.2) is 8.78 Å². The first-order valence-electron chi connectivity index (χ1n) is 9.29. The molecule has 0 saturated carbocycles. The van der Waals surface area contributed by atoms with Gasteiger partial charge in [-0.2, -0.15) is 8.78 Å². The van der Waals surface area contributed by atoms with Crippen molar-refractivity contribution in [2.24, 2.45) is 5.92 Å². The summed E-state index contributed by atoms with van der Waals surface area (Å²) in [6.07, 6.45) is -0.458. The number of carbonyl (C=O) groups is 5. The van der Waals surface area contributed by atoms with Gasteiger partial charge in [-0.15, -0.1) is 0 Å². The molecule has 1 saturated heterocycles. The van der Waals surface area contributed by atoms with Crippen LogP contribution in [0.15, 0.2) is 6.07 Å². The van der Waals surface area contributed by atoms with Gasteiger partial charge in [0.25, 0.3) is 5.91 Å². The molecule has 0 aliphatic carbocycles. The highest BCUT2D eigenvalue weighted by atomic mass is 19.2. The normalized spacial score (nSPS) is 15.1. The van der Waals surface area contributed by atoms with E-state index in [1.165, 1.54) is 4.90 Å². The number of piperidine rings is 1. The third-order valence-electron chi connectivity index (χ3n) is 4.79. The van der Waals surface area contributed by atoms with E-state index in [-0.39, 0.29) is 38.3 Å². The number of carboxylic acid groups (broad SMARTS) is 1. The second kappa shape index (κ2) is 10.7. The summed E-state index contributed by atoms with van der Waals surface area (Å²) in [6.45, 7) is -0.985. The van der Waals surface area contributed by atoms with Crippen molar-refractivity contribution < 1.29 is 51.4 Å². The average molecular weight is 462 g/mol. The summed E-state index contributed by atoms with van der Waals surface area (Å²) in [5, 5.41) is 11.2. The van der Waals surface area contributed by atoms with E-state index < -0.39 is 77.6 Å². The van der Waals surface area contributed by atoms with E-state index in [1.807, 2.05) is 0 Å². The number of ketones is 1. The van der Waals surface area contributed by atoms with Gasteiger partial charge in [-0.05, 0) is 12.8 Å². The summed E-state index contributed by atoms with van der Waals surface area (Å²) in [5.74, 6) is -13.5. The summed E-state index contributed by atoms with van der Waals surface area (Å²) in [7, 11) is 0. The summed E-state index contributed by atoms with van der Waals surface area (Å²) in [5.41, 5.74) is 0. The molecule has 0 bridgehead atoms. The lowest BCUT2D eigenvalue weighted by atomic mass is 9.95. The smallest absolute Gasteiger partial charge is 0.305 e. The van der Waals surface area contributed by atoms with Crippen LogP contribution in [0, 0.1) is 29.2 Å². The number of carboxylic acids is 1. The average Bonchev–Trinajstić information content (AvgIpc) is 2.76. The maximum atomic E-state index is 13.6. The molecule has 1 atom stereocenters. The molecule has 1 aliphatic rings. The molecule has 1 aromatic rings. The Morgan fingerprint density at radius 3 is 2.19 bits per heavy atom. The Morgan fingerprint density at radius 1 is 1.12 bits per heavy atom. The molecule has 2 amide bonds. The number of ether oxygens (including phenoxy) is 1. The van der Waals surface area contributed by atoms with Crippen molar-refractivity contribution in [1.82, 2.24) is 10.2 Å². The SMILES string of the molecule is O=CC(=O)N1CCC(C(=O)NC(CC(=O)O)C(=O)COc2c(F)c(F)cc(F)c2F)CC1. The monoisotopic (exact) mass is 462 g/mol. The zero-order chi connectivity index (χ0) is 24.0. The van der Waals surface area contributed by atoms with Crippen LogP contribution in [0.2, 0.25) is 0 Å². The van der Waals surface area contributed by atoms with Gasteiger partial charge < -0.3 is 20.1 Å². The molecule has 0 aromatic heterocycles. The summed E-state index contributed by atoms with van der Waals surface area (Å²) < 4.78 is 58.3. The van der Waals surface area contributed by atoms with Gasteiger partial charge >= 0.3 is 5.97 Å². The highest BCUT2D eigenvalue weighted by molar-refractivity contribution is 6.23. The lowest BCUT2D eigenvalue weighted by molar-refractivity contribution is -0.142. The Bertz CT molecular complexity index is 906. The first-order valence-corrected chi connectivity index (χ1v) is 9.29. The van der Waals surface area contributed by atoms with Crippen molar-refractivity contribution in [2.45, 2.75) is 25.3 Å². The van der Waals surface area contributed by atoms with E-state index in [1.54, 1.807) is 0 Å². The second-order valence-corrected chi connectivity index (χ2v) is 6.93. The number of aldehydes is 1. The number of carbonyl (C=O) groups excluding carboxylic acids is 4. The molecule has 1 heterocycles. The van der Waals surface area contributed by atoms with Crippen molar-refractivity contribution in [3.05, 3.63) is 29.3 Å². The molecule has 174 valence electrons. The molecule has 1 aromatic carbocycles. The second-order valence-electron chi connectivity index (χ2n) is 6.93. The Morgan fingerprint density at radius 2 is 1.69 bits per heavy atom. The minimum Gasteiger partial charge on any atom is -0.481 e. The highest BCUT2D eigenvalue weighted by Gasteiger charge is 2.31. The Hall–Kier alpha value is -3.51. The van der Waals surface area contributed by atoms with Crippen molar-refractivity contribution in [1.29, 1.82) is 0 Å². The molecular weight excluding hydrogens is 444 g/mol. The molecule has 0 radical (unpaired) electrons. The number of Topliss-reactive ketones (excluding diaryl/α,β-unsaturated/α-hetero) is 1. The fourth-order valence-electron chi connectivity index (χ4n) is 3.07. The largest absolute Gasteiger partial charge is 0.481 e. The third-order valence-corrected chi connectivity index (χ3v) is 4.79. The van der Waals surface area contributed by atoms with E-state index in [0.29, 0.717) is 0 Å². The van der Waals surface area contributed by atoms with E-state index in [0.717, 1.165) is 0 Å². The molecule has 1 unspecified atom stereocenters. The van der Waals surface area contributed by atoms with Crippen LogP contribution in [0.1, 0.15) is 19.3 Å². The Balaban J connectivity index is 2.03. The molecule has 0 spiro atoms.